The number of nitrogens with zero attached hydrogens (tertiary/aromatic N) is 2. The van der Waals surface area contributed by atoms with Crippen molar-refractivity contribution in [3.05, 3.63) is 39.4 Å². The fourth-order valence-corrected chi connectivity index (χ4v) is 2.66. The summed E-state index contributed by atoms with van der Waals surface area (Å²) in [5.41, 5.74) is 0.0549. The largest absolute Gasteiger partial charge is 0.502 e. The second-order valence-electron chi connectivity index (χ2n) is 4.05. The maximum absolute atomic E-state index is 11.8. The van der Waals surface area contributed by atoms with Gasteiger partial charge >= 0.3 is 5.69 Å². The average Bonchev–Trinajstić information content (AvgIpc) is 2.78. The highest BCUT2D eigenvalue weighted by atomic mass is 32.2. The number of likely N-dealkylation sites (N-methyl/N-ethyl adjacent to an activating group) is 1. The Bertz CT molecular complexity index is 588. The molecule has 2 rings (SSSR count). The number of thioether (sulfide) groups is 1. The molecule has 0 radical (unpaired) electrons. The maximum atomic E-state index is 11.8. The number of nitro benzene ring substituents is 1. The molecule has 2 N–H and O–H groups in total. The van der Waals surface area contributed by atoms with Gasteiger partial charge in [0, 0.05) is 24.5 Å². The third kappa shape index (κ3) is 2.85. The highest BCUT2D eigenvalue weighted by molar-refractivity contribution is 8.04. The van der Waals surface area contributed by atoms with Crippen LogP contribution in [-0.4, -0.2) is 33.3 Å². The Hall–Kier alpha value is -2.22. The molecule has 7 nitrogen and oxygen atoms in total. The molecule has 8 heteroatoms. The molecule has 0 aliphatic carbocycles. The van der Waals surface area contributed by atoms with Crippen LogP contribution in [0.2, 0.25) is 0 Å². The molecule has 20 heavy (non-hydrogen) atoms. The molecule has 1 fully saturated rings. The summed E-state index contributed by atoms with van der Waals surface area (Å²) < 4.78 is 0. The van der Waals surface area contributed by atoms with E-state index in [4.69, 9.17) is 0 Å². The van der Waals surface area contributed by atoms with Gasteiger partial charge in [0.2, 0.25) is 0 Å². The molecule has 0 unspecified atom stereocenters. The number of aromatic hydroxyl groups is 1. The van der Waals surface area contributed by atoms with Gasteiger partial charge in [-0.2, -0.15) is 0 Å². The number of hydrogen-bond acceptors (Lipinski definition) is 6. The standard InChI is InChI=1S/C12H13N3O4S/c1-2-14-7-20-11(12(14)17)6-13-8-3-4-10(16)9(5-8)15(18)19/h3-6,13,16H,2,7H2,1H3. The molecule has 0 spiro atoms. The Labute approximate surface area is 119 Å². The number of carbonyl (C=O) groups excluding carboxylic acids is 1. The minimum absolute atomic E-state index is 0.0571. The molecule has 0 saturated carbocycles. The average molecular weight is 295 g/mol. The molecule has 0 bridgehead atoms. The summed E-state index contributed by atoms with van der Waals surface area (Å²) in [5.74, 6) is 0.161. The minimum Gasteiger partial charge on any atom is -0.502 e. The maximum Gasteiger partial charge on any atom is 0.312 e. The fraction of sp³-hybridized carbons (Fsp3) is 0.250. The van der Waals surface area contributed by atoms with Crippen LogP contribution in [0.15, 0.2) is 29.3 Å². The Balaban J connectivity index is 2.14. The second kappa shape index (κ2) is 5.83. The highest BCUT2D eigenvalue weighted by Crippen LogP contribution is 2.30. The SMILES string of the molecule is CCN1CSC(=CNc2ccc(O)c([N+](=O)[O-])c2)C1=O. The Kier molecular flexibility index (Phi) is 4.14. The van der Waals surface area contributed by atoms with E-state index in [1.807, 2.05) is 6.92 Å². The zero-order chi connectivity index (χ0) is 14.7. The van der Waals surface area contributed by atoms with Crippen molar-refractivity contribution >= 4 is 29.0 Å². The fourth-order valence-electron chi connectivity index (χ4n) is 1.67. The van der Waals surface area contributed by atoms with Gasteiger partial charge in [0.1, 0.15) is 0 Å². The molecular weight excluding hydrogens is 282 g/mol. The van der Waals surface area contributed by atoms with Gasteiger partial charge in [-0.1, -0.05) is 11.8 Å². The number of nitrogens with one attached hydrogen (secondary N) is 1. The third-order valence-corrected chi connectivity index (χ3v) is 3.84. The van der Waals surface area contributed by atoms with Gasteiger partial charge in [-0.25, -0.2) is 0 Å². The van der Waals surface area contributed by atoms with Crippen LogP contribution in [0.1, 0.15) is 6.92 Å². The normalized spacial score (nSPS) is 16.8. The molecule has 0 aromatic heterocycles. The first kappa shape index (κ1) is 14.2. The van der Waals surface area contributed by atoms with Crippen LogP contribution in [-0.2, 0) is 4.79 Å². The summed E-state index contributed by atoms with van der Waals surface area (Å²) in [7, 11) is 0. The first-order valence-corrected chi connectivity index (χ1v) is 6.87. The van der Waals surface area contributed by atoms with Crippen molar-refractivity contribution in [2.75, 3.05) is 17.7 Å². The predicted molar refractivity (Wildman–Crippen MR) is 76.3 cm³/mol. The van der Waals surface area contributed by atoms with E-state index in [0.29, 0.717) is 23.0 Å². The summed E-state index contributed by atoms with van der Waals surface area (Å²) in [4.78, 5) is 24.1. The number of carbonyl (C=O) groups is 1. The number of amides is 1. The lowest BCUT2D eigenvalue weighted by molar-refractivity contribution is -0.385. The van der Waals surface area contributed by atoms with Crippen molar-refractivity contribution < 1.29 is 14.8 Å². The van der Waals surface area contributed by atoms with E-state index < -0.39 is 10.7 Å². The number of benzene rings is 1. The number of anilines is 1. The van der Waals surface area contributed by atoms with Gasteiger partial charge < -0.3 is 15.3 Å². The number of phenols is 1. The van der Waals surface area contributed by atoms with E-state index in [9.17, 15) is 20.0 Å². The van der Waals surface area contributed by atoms with Crippen molar-refractivity contribution in [1.82, 2.24) is 4.90 Å². The molecule has 106 valence electrons. The summed E-state index contributed by atoms with van der Waals surface area (Å²) in [6, 6.07) is 3.95. The van der Waals surface area contributed by atoms with Gasteiger partial charge in [0.15, 0.2) is 5.75 Å². The summed E-state index contributed by atoms with van der Waals surface area (Å²) in [5, 5.41) is 22.9. The molecule has 1 aromatic rings. The van der Waals surface area contributed by atoms with Gasteiger partial charge in [-0.05, 0) is 19.1 Å². The van der Waals surface area contributed by atoms with E-state index >= 15 is 0 Å². The number of phenolic OH excluding ortho intramolecular Hbond substituents is 1. The Morgan fingerprint density at radius 3 is 2.95 bits per heavy atom. The predicted octanol–water partition coefficient (Wildman–Crippen LogP) is 2.11. The summed E-state index contributed by atoms with van der Waals surface area (Å²) >= 11 is 1.41. The summed E-state index contributed by atoms with van der Waals surface area (Å²) in [6.45, 7) is 2.55. The van der Waals surface area contributed by atoms with Gasteiger partial charge in [-0.3, -0.25) is 14.9 Å². The first-order valence-electron chi connectivity index (χ1n) is 5.89. The van der Waals surface area contributed by atoms with E-state index in [1.165, 1.54) is 36.2 Å². The lowest BCUT2D eigenvalue weighted by Crippen LogP contribution is -2.24. The summed E-state index contributed by atoms with van der Waals surface area (Å²) in [6.07, 6.45) is 1.53. The van der Waals surface area contributed by atoms with Gasteiger partial charge in [0.25, 0.3) is 5.91 Å². The van der Waals surface area contributed by atoms with Crippen LogP contribution in [0.4, 0.5) is 11.4 Å². The molecule has 1 amide bonds. The van der Waals surface area contributed by atoms with Crippen molar-refractivity contribution in [3.63, 3.8) is 0 Å². The Morgan fingerprint density at radius 1 is 1.60 bits per heavy atom. The van der Waals surface area contributed by atoms with Gasteiger partial charge in [0.05, 0.1) is 15.7 Å². The van der Waals surface area contributed by atoms with Crippen LogP contribution in [0.3, 0.4) is 0 Å². The number of hydrogen-bond donors (Lipinski definition) is 2. The quantitative estimate of drug-likeness (QED) is 0.382. The lowest BCUT2D eigenvalue weighted by atomic mass is 10.2. The highest BCUT2D eigenvalue weighted by Gasteiger charge is 2.25. The number of rotatable bonds is 4. The van der Waals surface area contributed by atoms with Crippen LogP contribution < -0.4 is 5.32 Å². The van der Waals surface area contributed by atoms with Crippen molar-refractivity contribution in [3.8, 4) is 5.75 Å². The minimum atomic E-state index is -0.665. The van der Waals surface area contributed by atoms with Crippen LogP contribution in [0, 0.1) is 10.1 Å². The topological polar surface area (TPSA) is 95.7 Å². The van der Waals surface area contributed by atoms with Crippen LogP contribution in [0.5, 0.6) is 5.75 Å². The zero-order valence-electron chi connectivity index (χ0n) is 10.7. The van der Waals surface area contributed by atoms with Crippen molar-refractivity contribution in [2.24, 2.45) is 0 Å². The molecule has 1 aromatic carbocycles. The monoisotopic (exact) mass is 295 g/mol. The van der Waals surface area contributed by atoms with Crippen LogP contribution >= 0.6 is 11.8 Å². The molecule has 1 heterocycles. The molecular formula is C12H13N3O4S. The second-order valence-corrected chi connectivity index (χ2v) is 5.03. The zero-order valence-corrected chi connectivity index (χ0v) is 11.5. The molecule has 1 aliphatic rings. The third-order valence-electron chi connectivity index (χ3n) is 2.80. The van der Waals surface area contributed by atoms with Crippen LogP contribution in [0.25, 0.3) is 0 Å². The Morgan fingerprint density at radius 2 is 2.35 bits per heavy atom. The van der Waals surface area contributed by atoms with E-state index in [1.54, 1.807) is 4.90 Å². The van der Waals surface area contributed by atoms with Crippen molar-refractivity contribution in [2.45, 2.75) is 6.92 Å². The number of nitro groups is 1. The van der Waals surface area contributed by atoms with Gasteiger partial charge in [-0.15, -0.1) is 0 Å². The smallest absolute Gasteiger partial charge is 0.312 e. The molecule has 0 atom stereocenters. The first-order chi connectivity index (χ1) is 9.52. The lowest BCUT2D eigenvalue weighted by Gasteiger charge is -2.09. The van der Waals surface area contributed by atoms with E-state index in [-0.39, 0.29) is 11.6 Å². The molecule has 1 aliphatic heterocycles. The van der Waals surface area contributed by atoms with E-state index in [2.05, 4.69) is 5.32 Å². The van der Waals surface area contributed by atoms with Crippen molar-refractivity contribution in [1.29, 1.82) is 0 Å². The molecule has 1 saturated heterocycles. The van der Waals surface area contributed by atoms with E-state index in [0.717, 1.165) is 0 Å².